The first kappa shape index (κ1) is 11.7. The van der Waals surface area contributed by atoms with Gasteiger partial charge >= 0.3 is 0 Å². The van der Waals surface area contributed by atoms with E-state index in [4.69, 9.17) is 0 Å². The summed E-state index contributed by atoms with van der Waals surface area (Å²) in [6.45, 7) is 2.12. The Bertz CT molecular complexity index is 621. The summed E-state index contributed by atoms with van der Waals surface area (Å²) in [5.74, 6) is 3.89. The van der Waals surface area contributed by atoms with Gasteiger partial charge in [0.15, 0.2) is 0 Å². The summed E-state index contributed by atoms with van der Waals surface area (Å²) in [5, 5.41) is 0. The minimum atomic E-state index is 0.675. The fourth-order valence-electron chi connectivity index (χ4n) is 3.44. The van der Waals surface area contributed by atoms with Gasteiger partial charge < -0.3 is 4.98 Å². The SMILES string of the molecule is Cc1cc(-c2cnc(C3C[C@@H]4C[C@@H]4C3)[nH]2)ccc1Br. The Hall–Kier alpha value is -1.09. The second-order valence-electron chi connectivity index (χ2n) is 6.07. The lowest BCUT2D eigenvalue weighted by Gasteiger charge is -2.07. The summed E-state index contributed by atoms with van der Waals surface area (Å²) >= 11 is 3.55. The van der Waals surface area contributed by atoms with E-state index in [0.29, 0.717) is 5.92 Å². The number of aromatic amines is 1. The van der Waals surface area contributed by atoms with Gasteiger partial charge in [-0.2, -0.15) is 0 Å². The van der Waals surface area contributed by atoms with Crippen molar-refractivity contribution in [3.63, 3.8) is 0 Å². The third-order valence-electron chi connectivity index (χ3n) is 4.69. The number of aryl methyl sites for hydroxylation is 1. The second-order valence-corrected chi connectivity index (χ2v) is 6.92. The van der Waals surface area contributed by atoms with Crippen LogP contribution in [-0.4, -0.2) is 9.97 Å². The van der Waals surface area contributed by atoms with Gasteiger partial charge in [0, 0.05) is 10.4 Å². The normalized spacial score (nSPS) is 28.4. The molecule has 0 spiro atoms. The third-order valence-corrected chi connectivity index (χ3v) is 5.58. The molecule has 2 aliphatic carbocycles. The monoisotopic (exact) mass is 316 g/mol. The Morgan fingerprint density at radius 2 is 2.00 bits per heavy atom. The van der Waals surface area contributed by atoms with E-state index in [0.717, 1.165) is 22.0 Å². The lowest BCUT2D eigenvalue weighted by Crippen LogP contribution is -1.98. The molecule has 19 heavy (non-hydrogen) atoms. The highest BCUT2D eigenvalue weighted by Gasteiger charge is 2.46. The first-order valence-corrected chi connectivity index (χ1v) is 7.81. The van der Waals surface area contributed by atoms with E-state index in [-0.39, 0.29) is 0 Å². The largest absolute Gasteiger partial charge is 0.342 e. The van der Waals surface area contributed by atoms with E-state index in [1.807, 2.05) is 6.20 Å². The minimum absolute atomic E-state index is 0.675. The number of halogens is 1. The van der Waals surface area contributed by atoms with Crippen LogP contribution in [0.5, 0.6) is 0 Å². The fraction of sp³-hybridized carbons (Fsp3) is 0.438. The Morgan fingerprint density at radius 1 is 1.21 bits per heavy atom. The van der Waals surface area contributed by atoms with Crippen molar-refractivity contribution in [1.82, 2.24) is 9.97 Å². The molecular weight excluding hydrogens is 300 g/mol. The molecule has 0 amide bonds. The lowest BCUT2D eigenvalue weighted by molar-refractivity contribution is 0.596. The van der Waals surface area contributed by atoms with Crippen LogP contribution in [0, 0.1) is 18.8 Å². The maximum atomic E-state index is 4.61. The van der Waals surface area contributed by atoms with Crippen molar-refractivity contribution in [3.8, 4) is 11.3 Å². The van der Waals surface area contributed by atoms with Crippen molar-refractivity contribution in [2.75, 3.05) is 0 Å². The molecule has 1 N–H and O–H groups in total. The predicted octanol–water partition coefficient (Wildman–Crippen LogP) is 4.66. The number of benzene rings is 1. The van der Waals surface area contributed by atoms with Gasteiger partial charge in [0.2, 0.25) is 0 Å². The molecule has 2 saturated carbocycles. The van der Waals surface area contributed by atoms with Gasteiger partial charge in [0.1, 0.15) is 5.82 Å². The minimum Gasteiger partial charge on any atom is -0.342 e. The standard InChI is InChI=1S/C16H17BrN2/c1-9-4-10(2-3-14(9)17)15-8-18-16(19-15)13-6-11-5-12(11)7-13/h2-4,8,11-13H,5-7H2,1H3,(H,18,19)/t11-,12+,13?. The number of hydrogen-bond donors (Lipinski definition) is 1. The van der Waals surface area contributed by atoms with E-state index in [2.05, 4.69) is 51.0 Å². The quantitative estimate of drug-likeness (QED) is 0.857. The zero-order valence-electron chi connectivity index (χ0n) is 11.0. The highest BCUT2D eigenvalue weighted by molar-refractivity contribution is 9.10. The highest BCUT2D eigenvalue weighted by atomic mass is 79.9. The van der Waals surface area contributed by atoms with Crippen LogP contribution in [0.15, 0.2) is 28.9 Å². The Balaban J connectivity index is 1.61. The molecule has 4 rings (SSSR count). The summed E-state index contributed by atoms with van der Waals surface area (Å²) < 4.78 is 1.16. The Kier molecular flexibility index (Phi) is 2.59. The van der Waals surface area contributed by atoms with Gasteiger partial charge in [-0.1, -0.05) is 22.0 Å². The van der Waals surface area contributed by atoms with Gasteiger partial charge in [-0.05, 0) is 61.3 Å². The van der Waals surface area contributed by atoms with Crippen molar-refractivity contribution in [3.05, 3.63) is 40.3 Å². The highest BCUT2D eigenvalue weighted by Crippen LogP contribution is 2.57. The van der Waals surface area contributed by atoms with E-state index in [1.54, 1.807) is 0 Å². The molecule has 1 heterocycles. The number of H-pyrrole nitrogens is 1. The maximum Gasteiger partial charge on any atom is 0.109 e. The predicted molar refractivity (Wildman–Crippen MR) is 80.0 cm³/mol. The van der Waals surface area contributed by atoms with Crippen molar-refractivity contribution < 1.29 is 0 Å². The van der Waals surface area contributed by atoms with Crippen LogP contribution in [0.3, 0.4) is 0 Å². The van der Waals surface area contributed by atoms with Gasteiger partial charge in [0.05, 0.1) is 11.9 Å². The molecule has 2 fully saturated rings. The zero-order valence-corrected chi connectivity index (χ0v) is 12.6. The first-order chi connectivity index (χ1) is 9.20. The average Bonchev–Trinajstić information content (AvgIpc) is 2.85. The van der Waals surface area contributed by atoms with E-state index >= 15 is 0 Å². The van der Waals surface area contributed by atoms with Crippen molar-refractivity contribution in [2.45, 2.75) is 32.1 Å². The van der Waals surface area contributed by atoms with Crippen molar-refractivity contribution >= 4 is 15.9 Å². The van der Waals surface area contributed by atoms with Crippen LogP contribution in [0.2, 0.25) is 0 Å². The molecule has 2 aromatic rings. The molecule has 0 radical (unpaired) electrons. The van der Waals surface area contributed by atoms with E-state index < -0.39 is 0 Å². The molecule has 1 aromatic carbocycles. The van der Waals surface area contributed by atoms with Crippen LogP contribution < -0.4 is 0 Å². The summed E-state index contributed by atoms with van der Waals surface area (Å²) in [7, 11) is 0. The first-order valence-electron chi connectivity index (χ1n) is 7.02. The maximum absolute atomic E-state index is 4.61. The average molecular weight is 317 g/mol. The van der Waals surface area contributed by atoms with Crippen LogP contribution >= 0.6 is 15.9 Å². The summed E-state index contributed by atoms with van der Waals surface area (Å²) in [4.78, 5) is 8.15. The number of nitrogens with one attached hydrogen (secondary N) is 1. The van der Waals surface area contributed by atoms with Gasteiger partial charge in [-0.3, -0.25) is 0 Å². The van der Waals surface area contributed by atoms with Crippen LogP contribution in [-0.2, 0) is 0 Å². The molecular formula is C16H17BrN2. The number of imidazole rings is 1. The van der Waals surface area contributed by atoms with Crippen LogP contribution in [0.25, 0.3) is 11.3 Å². The molecule has 98 valence electrons. The number of fused-ring (bicyclic) bond motifs is 1. The molecule has 1 aromatic heterocycles. The molecule has 0 saturated heterocycles. The fourth-order valence-corrected chi connectivity index (χ4v) is 3.69. The van der Waals surface area contributed by atoms with Crippen molar-refractivity contribution in [1.29, 1.82) is 0 Å². The molecule has 0 aliphatic heterocycles. The molecule has 2 nitrogen and oxygen atoms in total. The molecule has 0 bridgehead atoms. The third kappa shape index (κ3) is 2.04. The van der Waals surface area contributed by atoms with E-state index in [9.17, 15) is 0 Å². The summed E-state index contributed by atoms with van der Waals surface area (Å²) in [5.41, 5.74) is 3.63. The molecule has 3 atom stereocenters. The number of nitrogens with zero attached hydrogens (tertiary/aromatic N) is 1. The number of aromatic nitrogens is 2. The Labute approximate surface area is 121 Å². The topological polar surface area (TPSA) is 28.7 Å². The second kappa shape index (κ2) is 4.20. The number of rotatable bonds is 2. The molecule has 1 unspecified atom stereocenters. The van der Waals surface area contributed by atoms with Crippen molar-refractivity contribution in [2.24, 2.45) is 11.8 Å². The molecule has 2 aliphatic rings. The van der Waals surface area contributed by atoms with Gasteiger partial charge in [-0.15, -0.1) is 0 Å². The van der Waals surface area contributed by atoms with Gasteiger partial charge in [-0.25, -0.2) is 4.98 Å². The Morgan fingerprint density at radius 3 is 2.74 bits per heavy atom. The van der Waals surface area contributed by atoms with Crippen LogP contribution in [0.4, 0.5) is 0 Å². The molecule has 3 heteroatoms. The number of hydrogen-bond acceptors (Lipinski definition) is 1. The summed E-state index contributed by atoms with van der Waals surface area (Å²) in [6.07, 6.45) is 6.14. The lowest BCUT2D eigenvalue weighted by atomic mass is 10.0. The summed E-state index contributed by atoms with van der Waals surface area (Å²) in [6, 6.07) is 6.45. The van der Waals surface area contributed by atoms with Crippen LogP contribution in [0.1, 0.15) is 36.6 Å². The zero-order chi connectivity index (χ0) is 13.0. The smallest absolute Gasteiger partial charge is 0.109 e. The van der Waals surface area contributed by atoms with E-state index in [1.165, 1.54) is 36.2 Å². The van der Waals surface area contributed by atoms with Gasteiger partial charge in [0.25, 0.3) is 0 Å².